The molecule has 4 nitrogen and oxygen atoms in total. The Morgan fingerprint density at radius 3 is 2.55 bits per heavy atom. The maximum atomic E-state index is 9.09. The fourth-order valence-corrected chi connectivity index (χ4v) is 2.89. The number of nitriles is 2. The Kier molecular flexibility index (Phi) is 4.61. The molecule has 0 radical (unpaired) electrons. The van der Waals surface area contributed by atoms with Gasteiger partial charge >= 0.3 is 0 Å². The van der Waals surface area contributed by atoms with E-state index in [0.717, 1.165) is 25.2 Å². The molecular formula is C16H20N4. The van der Waals surface area contributed by atoms with Gasteiger partial charge in [-0.2, -0.15) is 10.5 Å². The predicted octanol–water partition coefficient (Wildman–Crippen LogP) is 2.37. The summed E-state index contributed by atoms with van der Waals surface area (Å²) in [6, 6.07) is 12.7. The lowest BCUT2D eigenvalue weighted by Crippen LogP contribution is -2.44. The van der Waals surface area contributed by atoms with Crippen LogP contribution in [0.5, 0.6) is 0 Å². The van der Waals surface area contributed by atoms with E-state index in [0.29, 0.717) is 18.0 Å². The van der Waals surface area contributed by atoms with Crippen LogP contribution in [0.15, 0.2) is 24.3 Å². The number of nitrogens with zero attached hydrogens (tertiary/aromatic N) is 4. The van der Waals surface area contributed by atoms with Crippen molar-refractivity contribution >= 4 is 5.69 Å². The molecule has 2 unspecified atom stereocenters. The molecule has 20 heavy (non-hydrogen) atoms. The van der Waals surface area contributed by atoms with Crippen molar-refractivity contribution in [1.29, 1.82) is 10.5 Å². The zero-order valence-electron chi connectivity index (χ0n) is 12.1. The standard InChI is InChI=1S/C16H20N4/c1-13-8-10-19(2)12-16(7-9-17)20(13)15-5-3-14(11-18)4-6-15/h3-6,13,16H,7-8,10,12H2,1-2H3. The van der Waals surface area contributed by atoms with Crippen LogP contribution in [0.1, 0.15) is 25.3 Å². The molecular weight excluding hydrogens is 248 g/mol. The average molecular weight is 268 g/mol. The molecule has 1 fully saturated rings. The van der Waals surface area contributed by atoms with E-state index in [1.165, 1.54) is 0 Å². The SMILES string of the molecule is CC1CCN(C)CC(CC#N)N1c1ccc(C#N)cc1. The molecule has 2 atom stereocenters. The molecule has 2 rings (SSSR count). The second kappa shape index (κ2) is 6.41. The molecule has 1 aliphatic rings. The lowest BCUT2D eigenvalue weighted by Gasteiger charge is -2.36. The molecule has 104 valence electrons. The third-order valence-electron chi connectivity index (χ3n) is 3.94. The van der Waals surface area contributed by atoms with Crippen molar-refractivity contribution in [2.45, 2.75) is 31.8 Å². The summed E-state index contributed by atoms with van der Waals surface area (Å²) < 4.78 is 0. The van der Waals surface area contributed by atoms with Crippen LogP contribution >= 0.6 is 0 Å². The smallest absolute Gasteiger partial charge is 0.0991 e. The number of likely N-dealkylation sites (N-methyl/N-ethyl adjacent to an activating group) is 1. The van der Waals surface area contributed by atoms with Gasteiger partial charge in [-0.25, -0.2) is 0 Å². The van der Waals surface area contributed by atoms with Crippen molar-refractivity contribution in [3.05, 3.63) is 29.8 Å². The van der Waals surface area contributed by atoms with Gasteiger partial charge in [0.15, 0.2) is 0 Å². The van der Waals surface area contributed by atoms with E-state index in [9.17, 15) is 0 Å². The van der Waals surface area contributed by atoms with Gasteiger partial charge in [0.2, 0.25) is 0 Å². The number of benzene rings is 1. The van der Waals surface area contributed by atoms with Crippen LogP contribution in [0.4, 0.5) is 5.69 Å². The number of rotatable bonds is 2. The fourth-order valence-electron chi connectivity index (χ4n) is 2.89. The maximum absolute atomic E-state index is 9.09. The first-order valence-corrected chi connectivity index (χ1v) is 6.99. The first-order chi connectivity index (χ1) is 9.65. The van der Waals surface area contributed by atoms with Crippen LogP contribution in [0.3, 0.4) is 0 Å². The van der Waals surface area contributed by atoms with Crippen molar-refractivity contribution < 1.29 is 0 Å². The molecule has 0 saturated carbocycles. The Hall–Kier alpha value is -2.04. The Labute approximate surface area is 120 Å². The van der Waals surface area contributed by atoms with E-state index in [-0.39, 0.29) is 6.04 Å². The van der Waals surface area contributed by atoms with E-state index < -0.39 is 0 Å². The van der Waals surface area contributed by atoms with Crippen LogP contribution in [0, 0.1) is 22.7 Å². The summed E-state index contributed by atoms with van der Waals surface area (Å²) in [6.07, 6.45) is 1.60. The number of hydrogen-bond donors (Lipinski definition) is 0. The molecule has 1 aromatic carbocycles. The highest BCUT2D eigenvalue weighted by molar-refractivity contribution is 5.51. The molecule has 1 saturated heterocycles. The van der Waals surface area contributed by atoms with E-state index >= 15 is 0 Å². The van der Waals surface area contributed by atoms with Gasteiger partial charge in [-0.15, -0.1) is 0 Å². The van der Waals surface area contributed by atoms with E-state index in [1.54, 1.807) is 0 Å². The molecule has 0 N–H and O–H groups in total. The van der Waals surface area contributed by atoms with Crippen molar-refractivity contribution in [3.8, 4) is 12.1 Å². The molecule has 0 amide bonds. The van der Waals surface area contributed by atoms with Crippen molar-refractivity contribution in [2.24, 2.45) is 0 Å². The van der Waals surface area contributed by atoms with Gasteiger partial charge in [0.05, 0.1) is 30.2 Å². The topological polar surface area (TPSA) is 54.1 Å². The molecule has 0 aromatic heterocycles. The Balaban J connectivity index is 2.31. The summed E-state index contributed by atoms with van der Waals surface area (Å²) in [5.41, 5.74) is 1.78. The minimum atomic E-state index is 0.204. The Morgan fingerprint density at radius 1 is 1.25 bits per heavy atom. The first-order valence-electron chi connectivity index (χ1n) is 6.99. The summed E-state index contributed by atoms with van der Waals surface area (Å²) in [6.45, 7) is 4.16. The van der Waals surface area contributed by atoms with E-state index in [2.05, 4.69) is 35.9 Å². The molecule has 1 heterocycles. The third kappa shape index (κ3) is 3.10. The first kappa shape index (κ1) is 14.4. The maximum Gasteiger partial charge on any atom is 0.0991 e. The molecule has 1 aliphatic heterocycles. The van der Waals surface area contributed by atoms with Gasteiger partial charge in [-0.1, -0.05) is 0 Å². The number of anilines is 1. The van der Waals surface area contributed by atoms with Gasteiger partial charge in [-0.3, -0.25) is 0 Å². The second-order valence-corrected chi connectivity index (χ2v) is 5.48. The summed E-state index contributed by atoms with van der Waals surface area (Å²) in [7, 11) is 2.11. The van der Waals surface area contributed by atoms with Crippen molar-refractivity contribution in [3.63, 3.8) is 0 Å². The molecule has 1 aromatic rings. The highest BCUT2D eigenvalue weighted by Gasteiger charge is 2.28. The third-order valence-corrected chi connectivity index (χ3v) is 3.94. The van der Waals surface area contributed by atoms with Gasteiger partial charge in [0.1, 0.15) is 0 Å². The molecule has 4 heteroatoms. The minimum Gasteiger partial charge on any atom is -0.363 e. The molecule has 0 spiro atoms. The lowest BCUT2D eigenvalue weighted by molar-refractivity contribution is 0.331. The highest BCUT2D eigenvalue weighted by Crippen LogP contribution is 2.26. The van der Waals surface area contributed by atoms with E-state index in [4.69, 9.17) is 10.5 Å². The van der Waals surface area contributed by atoms with Crippen LogP contribution < -0.4 is 4.90 Å². The van der Waals surface area contributed by atoms with E-state index in [1.807, 2.05) is 24.3 Å². The summed E-state index contributed by atoms with van der Waals surface area (Å²) in [4.78, 5) is 4.63. The largest absolute Gasteiger partial charge is 0.363 e. The van der Waals surface area contributed by atoms with Gasteiger partial charge in [-0.05, 0) is 51.2 Å². The second-order valence-electron chi connectivity index (χ2n) is 5.48. The summed E-state index contributed by atoms with van der Waals surface area (Å²) >= 11 is 0. The normalized spacial score (nSPS) is 23.7. The van der Waals surface area contributed by atoms with Crippen LogP contribution in [-0.2, 0) is 0 Å². The monoisotopic (exact) mass is 268 g/mol. The molecule has 0 aliphatic carbocycles. The number of hydrogen-bond acceptors (Lipinski definition) is 4. The van der Waals surface area contributed by atoms with Gasteiger partial charge < -0.3 is 9.80 Å². The van der Waals surface area contributed by atoms with Crippen molar-refractivity contribution in [2.75, 3.05) is 25.0 Å². The van der Waals surface area contributed by atoms with Crippen molar-refractivity contribution in [1.82, 2.24) is 4.90 Å². The summed E-state index contributed by atoms with van der Waals surface area (Å²) in [5, 5.41) is 18.0. The van der Waals surface area contributed by atoms with Gasteiger partial charge in [0.25, 0.3) is 0 Å². The minimum absolute atomic E-state index is 0.204. The Morgan fingerprint density at radius 2 is 1.95 bits per heavy atom. The summed E-state index contributed by atoms with van der Waals surface area (Å²) in [5.74, 6) is 0. The van der Waals surface area contributed by atoms with Gasteiger partial charge in [0, 0.05) is 18.3 Å². The Bertz CT molecular complexity index is 523. The zero-order chi connectivity index (χ0) is 14.5. The molecule has 0 bridgehead atoms. The lowest BCUT2D eigenvalue weighted by atomic mass is 10.1. The highest BCUT2D eigenvalue weighted by atomic mass is 15.3. The van der Waals surface area contributed by atoms with Crippen LogP contribution in [0.2, 0.25) is 0 Å². The average Bonchev–Trinajstić information content (AvgIpc) is 2.59. The fraction of sp³-hybridized carbons (Fsp3) is 0.500. The van der Waals surface area contributed by atoms with Crippen LogP contribution in [0.25, 0.3) is 0 Å². The quantitative estimate of drug-likeness (QED) is 0.826. The van der Waals surface area contributed by atoms with Crippen LogP contribution in [-0.4, -0.2) is 37.1 Å². The predicted molar refractivity (Wildman–Crippen MR) is 79.2 cm³/mol. The zero-order valence-corrected chi connectivity index (χ0v) is 12.1.